The highest BCUT2D eigenvalue weighted by Crippen LogP contribution is 2.27. The Morgan fingerprint density at radius 2 is 1.76 bits per heavy atom. The summed E-state index contributed by atoms with van der Waals surface area (Å²) >= 11 is 0. The zero-order valence-corrected chi connectivity index (χ0v) is 12.8. The third kappa shape index (κ3) is 3.43. The third-order valence-corrected chi connectivity index (χ3v) is 4.10. The van der Waals surface area contributed by atoms with E-state index in [1.54, 1.807) is 24.3 Å². The summed E-state index contributed by atoms with van der Waals surface area (Å²) in [7, 11) is 0. The Labute approximate surface area is 126 Å². The summed E-state index contributed by atoms with van der Waals surface area (Å²) in [5.74, 6) is -0.0983. The number of benzene rings is 2. The summed E-state index contributed by atoms with van der Waals surface area (Å²) in [5, 5.41) is 3.07. The van der Waals surface area contributed by atoms with Crippen molar-refractivity contribution >= 4 is 11.6 Å². The van der Waals surface area contributed by atoms with Gasteiger partial charge in [-0.15, -0.1) is 0 Å². The first-order valence-corrected chi connectivity index (χ1v) is 7.13. The molecule has 0 aliphatic heterocycles. The predicted molar refractivity (Wildman–Crippen MR) is 87.3 cm³/mol. The van der Waals surface area contributed by atoms with Gasteiger partial charge in [0.25, 0.3) is 5.91 Å². The van der Waals surface area contributed by atoms with Gasteiger partial charge in [-0.2, -0.15) is 0 Å². The molecule has 0 aliphatic carbocycles. The summed E-state index contributed by atoms with van der Waals surface area (Å²) < 4.78 is 0. The van der Waals surface area contributed by atoms with Crippen molar-refractivity contribution in [1.29, 1.82) is 0 Å². The van der Waals surface area contributed by atoms with Gasteiger partial charge in [-0.25, -0.2) is 0 Å². The minimum atomic E-state index is -0.156. The summed E-state index contributed by atoms with van der Waals surface area (Å²) in [6.45, 7) is 6.29. The van der Waals surface area contributed by atoms with Gasteiger partial charge in [-0.3, -0.25) is 4.79 Å². The Kier molecular flexibility index (Phi) is 4.32. The number of carbonyl (C=O) groups is 1. The van der Waals surface area contributed by atoms with Gasteiger partial charge in [0.05, 0.1) is 0 Å². The van der Waals surface area contributed by atoms with Crippen LogP contribution in [0.15, 0.2) is 54.6 Å². The molecule has 0 heterocycles. The molecule has 1 amide bonds. The van der Waals surface area contributed by atoms with Gasteiger partial charge in [0.2, 0.25) is 0 Å². The van der Waals surface area contributed by atoms with Gasteiger partial charge < -0.3 is 11.1 Å². The topological polar surface area (TPSA) is 55.1 Å². The highest BCUT2D eigenvalue weighted by atomic mass is 16.1. The Balaban J connectivity index is 2.14. The molecule has 2 rings (SSSR count). The molecule has 0 bridgehead atoms. The summed E-state index contributed by atoms with van der Waals surface area (Å²) in [5.41, 5.74) is 7.95. The number of carbonyl (C=O) groups excluding carboxylic acids is 1. The minimum absolute atomic E-state index is 0.00571. The predicted octanol–water partition coefficient (Wildman–Crippen LogP) is 3.36. The smallest absolute Gasteiger partial charge is 0.251 e. The zero-order chi connectivity index (χ0) is 15.5. The highest BCUT2D eigenvalue weighted by Gasteiger charge is 2.29. The van der Waals surface area contributed by atoms with Gasteiger partial charge in [0.1, 0.15) is 0 Å². The van der Waals surface area contributed by atoms with E-state index in [0.717, 1.165) is 0 Å². The molecule has 0 aromatic heterocycles. The third-order valence-electron chi connectivity index (χ3n) is 4.10. The van der Waals surface area contributed by atoms with Crippen LogP contribution in [0.4, 0.5) is 5.69 Å². The number of nitrogens with one attached hydrogen (secondary N) is 1. The normalized spacial score (nSPS) is 12.7. The first kappa shape index (κ1) is 15.1. The quantitative estimate of drug-likeness (QED) is 0.845. The molecular formula is C18H22N2O. The van der Waals surface area contributed by atoms with Crippen LogP contribution in [0.1, 0.15) is 36.7 Å². The highest BCUT2D eigenvalue weighted by molar-refractivity contribution is 5.95. The van der Waals surface area contributed by atoms with Crippen molar-refractivity contribution in [3.63, 3.8) is 0 Å². The van der Waals surface area contributed by atoms with E-state index < -0.39 is 0 Å². The van der Waals surface area contributed by atoms with Crippen LogP contribution in [0.2, 0.25) is 0 Å². The van der Waals surface area contributed by atoms with Gasteiger partial charge in [-0.1, -0.05) is 50.2 Å². The van der Waals surface area contributed by atoms with Gasteiger partial charge >= 0.3 is 0 Å². The number of hydrogen-bond acceptors (Lipinski definition) is 2. The largest absolute Gasteiger partial charge is 0.399 e. The molecule has 0 spiro atoms. The van der Waals surface area contributed by atoms with E-state index >= 15 is 0 Å². The van der Waals surface area contributed by atoms with E-state index in [9.17, 15) is 4.79 Å². The van der Waals surface area contributed by atoms with E-state index in [-0.39, 0.29) is 17.4 Å². The lowest BCUT2D eigenvalue weighted by Crippen LogP contribution is -2.45. The Morgan fingerprint density at radius 3 is 2.38 bits per heavy atom. The van der Waals surface area contributed by atoms with Crippen LogP contribution < -0.4 is 11.1 Å². The Bertz CT molecular complexity index is 620. The van der Waals surface area contributed by atoms with Crippen LogP contribution in [-0.2, 0) is 5.41 Å². The number of nitrogen functional groups attached to an aromatic ring is 1. The average Bonchev–Trinajstić information content (AvgIpc) is 2.48. The van der Waals surface area contributed by atoms with Crippen molar-refractivity contribution in [3.8, 4) is 0 Å². The molecule has 0 saturated carbocycles. The van der Waals surface area contributed by atoms with Crippen LogP contribution in [0.5, 0.6) is 0 Å². The molecular weight excluding hydrogens is 260 g/mol. The van der Waals surface area contributed by atoms with E-state index in [4.69, 9.17) is 5.73 Å². The first-order valence-electron chi connectivity index (χ1n) is 7.13. The number of amides is 1. The van der Waals surface area contributed by atoms with Crippen molar-refractivity contribution in [3.05, 3.63) is 65.7 Å². The molecule has 3 heteroatoms. The molecule has 0 aliphatic rings. The van der Waals surface area contributed by atoms with Crippen molar-refractivity contribution < 1.29 is 4.79 Å². The van der Waals surface area contributed by atoms with Gasteiger partial charge in [0.15, 0.2) is 0 Å². The van der Waals surface area contributed by atoms with Crippen molar-refractivity contribution in [1.82, 2.24) is 5.32 Å². The van der Waals surface area contributed by atoms with Crippen molar-refractivity contribution in [2.45, 2.75) is 32.2 Å². The fourth-order valence-electron chi connectivity index (χ4n) is 2.26. The van der Waals surface area contributed by atoms with E-state index in [1.165, 1.54) is 5.56 Å². The van der Waals surface area contributed by atoms with E-state index in [2.05, 4.69) is 31.3 Å². The number of rotatable bonds is 4. The van der Waals surface area contributed by atoms with Crippen LogP contribution in [0, 0.1) is 0 Å². The first-order chi connectivity index (χ1) is 9.91. The fraction of sp³-hybridized carbons (Fsp3) is 0.278. The second-order valence-electron chi connectivity index (χ2n) is 5.91. The summed E-state index contributed by atoms with van der Waals surface area (Å²) in [6, 6.07) is 17.2. The second-order valence-corrected chi connectivity index (χ2v) is 5.91. The standard InChI is InChI=1S/C18H22N2O/c1-13(18(2,3)15-9-5-4-6-10-15)20-17(21)14-8-7-11-16(19)12-14/h4-13H,19H2,1-3H3,(H,20,21). The summed E-state index contributed by atoms with van der Waals surface area (Å²) in [6.07, 6.45) is 0. The lowest BCUT2D eigenvalue weighted by molar-refractivity contribution is 0.0924. The molecule has 1 atom stereocenters. The average molecular weight is 282 g/mol. The molecule has 0 saturated heterocycles. The van der Waals surface area contributed by atoms with E-state index in [1.807, 2.05) is 25.1 Å². The van der Waals surface area contributed by atoms with Crippen molar-refractivity contribution in [2.75, 3.05) is 5.73 Å². The molecule has 21 heavy (non-hydrogen) atoms. The lowest BCUT2D eigenvalue weighted by Gasteiger charge is -2.33. The molecule has 3 nitrogen and oxygen atoms in total. The van der Waals surface area contributed by atoms with Crippen LogP contribution in [0.3, 0.4) is 0 Å². The maximum Gasteiger partial charge on any atom is 0.251 e. The fourth-order valence-corrected chi connectivity index (χ4v) is 2.26. The minimum Gasteiger partial charge on any atom is -0.399 e. The monoisotopic (exact) mass is 282 g/mol. The molecule has 1 unspecified atom stereocenters. The molecule has 2 aromatic carbocycles. The molecule has 110 valence electrons. The Hall–Kier alpha value is -2.29. The van der Waals surface area contributed by atoms with Gasteiger partial charge in [-0.05, 0) is 30.7 Å². The van der Waals surface area contributed by atoms with E-state index in [0.29, 0.717) is 11.3 Å². The SMILES string of the molecule is CC(NC(=O)c1cccc(N)c1)C(C)(C)c1ccccc1. The Morgan fingerprint density at radius 1 is 1.10 bits per heavy atom. The zero-order valence-electron chi connectivity index (χ0n) is 12.8. The molecule has 3 N–H and O–H groups in total. The number of hydrogen-bond donors (Lipinski definition) is 2. The van der Waals surface area contributed by atoms with Crippen LogP contribution in [-0.4, -0.2) is 11.9 Å². The number of anilines is 1. The maximum absolute atomic E-state index is 12.3. The van der Waals surface area contributed by atoms with Crippen LogP contribution >= 0.6 is 0 Å². The maximum atomic E-state index is 12.3. The lowest BCUT2D eigenvalue weighted by atomic mass is 9.78. The summed E-state index contributed by atoms with van der Waals surface area (Å²) in [4.78, 5) is 12.3. The molecule has 0 fully saturated rings. The van der Waals surface area contributed by atoms with Crippen molar-refractivity contribution in [2.24, 2.45) is 0 Å². The van der Waals surface area contributed by atoms with Gasteiger partial charge in [0, 0.05) is 22.7 Å². The van der Waals surface area contributed by atoms with Crippen LogP contribution in [0.25, 0.3) is 0 Å². The number of nitrogens with two attached hydrogens (primary N) is 1. The second kappa shape index (κ2) is 6.00. The molecule has 0 radical (unpaired) electrons. The molecule has 2 aromatic rings.